The second-order valence-electron chi connectivity index (χ2n) is 8.41. The SMILES string of the molecule is CCOc1ccc(-n2c(SCC(=O)NN=Cc3cc(OC)c(OC(C)=O)c(OC)c3)nc3ccccc3c2=O)cc1. The van der Waals surface area contributed by atoms with E-state index in [0.717, 1.165) is 11.8 Å². The molecule has 0 bridgehead atoms. The van der Waals surface area contributed by atoms with Gasteiger partial charge in [0.1, 0.15) is 5.75 Å². The third-order valence-corrected chi connectivity index (χ3v) is 6.55. The molecule has 0 saturated heterocycles. The van der Waals surface area contributed by atoms with Gasteiger partial charge in [-0.1, -0.05) is 23.9 Å². The summed E-state index contributed by atoms with van der Waals surface area (Å²) < 4.78 is 22.8. The highest BCUT2D eigenvalue weighted by Crippen LogP contribution is 2.38. The van der Waals surface area contributed by atoms with Crippen LogP contribution in [-0.2, 0) is 9.59 Å². The Morgan fingerprint density at radius 2 is 1.73 bits per heavy atom. The number of rotatable bonds is 11. The van der Waals surface area contributed by atoms with Gasteiger partial charge < -0.3 is 18.9 Å². The first kappa shape index (κ1) is 29.2. The van der Waals surface area contributed by atoms with Crippen LogP contribution in [0.1, 0.15) is 19.4 Å². The zero-order valence-electron chi connectivity index (χ0n) is 22.9. The van der Waals surface area contributed by atoms with Gasteiger partial charge in [0.2, 0.25) is 5.75 Å². The number of thioether (sulfide) groups is 1. The first-order valence-electron chi connectivity index (χ1n) is 12.5. The lowest BCUT2D eigenvalue weighted by Crippen LogP contribution is -2.24. The number of fused-ring (bicyclic) bond motifs is 1. The van der Waals surface area contributed by atoms with Crippen molar-refractivity contribution in [2.75, 3.05) is 26.6 Å². The number of hydrazone groups is 1. The highest BCUT2D eigenvalue weighted by molar-refractivity contribution is 7.99. The van der Waals surface area contributed by atoms with Crippen molar-refractivity contribution in [2.24, 2.45) is 5.10 Å². The lowest BCUT2D eigenvalue weighted by atomic mass is 10.2. The predicted octanol–water partition coefficient (Wildman–Crippen LogP) is 3.97. The van der Waals surface area contributed by atoms with Gasteiger partial charge in [0, 0.05) is 12.5 Å². The minimum absolute atomic E-state index is 0.0584. The molecule has 1 heterocycles. The molecular weight excluding hydrogens is 548 g/mol. The average Bonchev–Trinajstić information content (AvgIpc) is 2.97. The summed E-state index contributed by atoms with van der Waals surface area (Å²) in [5.41, 5.74) is 3.87. The number of nitrogens with zero attached hydrogens (tertiary/aromatic N) is 3. The van der Waals surface area contributed by atoms with Gasteiger partial charge in [0.25, 0.3) is 11.5 Å². The molecule has 1 aromatic heterocycles. The van der Waals surface area contributed by atoms with Gasteiger partial charge in [-0.25, -0.2) is 10.4 Å². The number of nitrogens with one attached hydrogen (secondary N) is 1. The van der Waals surface area contributed by atoms with Crippen LogP contribution in [0, 0.1) is 0 Å². The molecule has 11 nitrogen and oxygen atoms in total. The lowest BCUT2D eigenvalue weighted by molar-refractivity contribution is -0.132. The molecule has 0 unspecified atom stereocenters. The monoisotopic (exact) mass is 576 g/mol. The zero-order chi connectivity index (χ0) is 29.4. The summed E-state index contributed by atoms with van der Waals surface area (Å²) in [5.74, 6) is 0.346. The topological polar surface area (TPSA) is 130 Å². The second kappa shape index (κ2) is 13.5. The van der Waals surface area contributed by atoms with Crippen LogP contribution in [0.4, 0.5) is 0 Å². The van der Waals surface area contributed by atoms with Gasteiger partial charge in [0.05, 0.1) is 49.4 Å². The molecule has 0 aliphatic heterocycles. The zero-order valence-corrected chi connectivity index (χ0v) is 23.7. The van der Waals surface area contributed by atoms with Gasteiger partial charge >= 0.3 is 5.97 Å². The second-order valence-corrected chi connectivity index (χ2v) is 9.35. The van der Waals surface area contributed by atoms with Crippen molar-refractivity contribution in [1.82, 2.24) is 15.0 Å². The summed E-state index contributed by atoms with van der Waals surface area (Å²) in [7, 11) is 2.85. The van der Waals surface area contributed by atoms with Crippen molar-refractivity contribution in [1.29, 1.82) is 0 Å². The molecule has 0 aliphatic rings. The van der Waals surface area contributed by atoms with E-state index in [9.17, 15) is 14.4 Å². The fourth-order valence-corrected chi connectivity index (χ4v) is 4.66. The number of hydrogen-bond donors (Lipinski definition) is 1. The van der Waals surface area contributed by atoms with Crippen LogP contribution in [0.3, 0.4) is 0 Å². The summed E-state index contributed by atoms with van der Waals surface area (Å²) in [6, 6.07) is 17.3. The highest BCUT2D eigenvalue weighted by Gasteiger charge is 2.17. The highest BCUT2D eigenvalue weighted by atomic mass is 32.2. The number of hydrogen-bond acceptors (Lipinski definition) is 10. The fourth-order valence-electron chi connectivity index (χ4n) is 3.86. The van der Waals surface area contributed by atoms with Crippen LogP contribution in [0.25, 0.3) is 16.6 Å². The maximum Gasteiger partial charge on any atom is 0.308 e. The van der Waals surface area contributed by atoms with Crippen LogP contribution >= 0.6 is 11.8 Å². The van der Waals surface area contributed by atoms with E-state index in [4.69, 9.17) is 18.9 Å². The number of benzene rings is 3. The molecule has 12 heteroatoms. The number of methoxy groups -OCH3 is 2. The van der Waals surface area contributed by atoms with E-state index in [2.05, 4.69) is 15.5 Å². The van der Waals surface area contributed by atoms with Crippen molar-refractivity contribution in [3.05, 3.63) is 76.6 Å². The summed E-state index contributed by atoms with van der Waals surface area (Å²) in [4.78, 5) is 42.2. The smallest absolute Gasteiger partial charge is 0.308 e. The molecular formula is C29H28N4O7S. The Morgan fingerprint density at radius 3 is 2.37 bits per heavy atom. The molecule has 1 amide bonds. The number of aromatic nitrogens is 2. The Bertz CT molecular complexity index is 1630. The summed E-state index contributed by atoms with van der Waals surface area (Å²) in [6.45, 7) is 3.69. The maximum atomic E-state index is 13.4. The van der Waals surface area contributed by atoms with Crippen molar-refractivity contribution < 1.29 is 28.5 Å². The molecule has 0 saturated carbocycles. The molecule has 0 radical (unpaired) electrons. The van der Waals surface area contributed by atoms with Crippen molar-refractivity contribution in [2.45, 2.75) is 19.0 Å². The number of ether oxygens (including phenoxy) is 4. The minimum Gasteiger partial charge on any atom is -0.494 e. The maximum absolute atomic E-state index is 13.4. The van der Waals surface area contributed by atoms with E-state index in [0.29, 0.717) is 39.7 Å². The first-order valence-corrected chi connectivity index (χ1v) is 13.5. The molecule has 3 aromatic carbocycles. The molecule has 1 N–H and O–H groups in total. The van der Waals surface area contributed by atoms with Crippen molar-refractivity contribution in [3.63, 3.8) is 0 Å². The quantitative estimate of drug-likeness (QED) is 0.0704. The summed E-state index contributed by atoms with van der Waals surface area (Å²) in [6.07, 6.45) is 1.40. The van der Waals surface area contributed by atoms with E-state index in [1.54, 1.807) is 60.7 Å². The third-order valence-electron chi connectivity index (χ3n) is 5.61. The summed E-state index contributed by atoms with van der Waals surface area (Å²) >= 11 is 1.11. The Kier molecular flexibility index (Phi) is 9.59. The molecule has 4 aromatic rings. The normalized spacial score (nSPS) is 10.9. The van der Waals surface area contributed by atoms with E-state index < -0.39 is 11.9 Å². The minimum atomic E-state index is -0.526. The van der Waals surface area contributed by atoms with Crippen LogP contribution in [0.15, 0.2) is 75.7 Å². The first-order chi connectivity index (χ1) is 19.8. The Morgan fingerprint density at radius 1 is 1.05 bits per heavy atom. The third kappa shape index (κ3) is 7.03. The van der Waals surface area contributed by atoms with Gasteiger partial charge in [0.15, 0.2) is 16.7 Å². The number of para-hydroxylation sites is 1. The Balaban J connectivity index is 1.52. The molecule has 0 aliphatic carbocycles. The molecule has 4 rings (SSSR count). The van der Waals surface area contributed by atoms with Gasteiger partial charge in [-0.05, 0) is 55.5 Å². The van der Waals surface area contributed by atoms with Crippen molar-refractivity contribution >= 4 is 40.8 Å². The van der Waals surface area contributed by atoms with Gasteiger partial charge in [-0.3, -0.25) is 19.0 Å². The number of carbonyl (C=O) groups excluding carboxylic acids is 2. The molecule has 0 fully saturated rings. The Labute approximate surface area is 240 Å². The molecule has 212 valence electrons. The van der Waals surface area contributed by atoms with E-state index in [1.807, 2.05) is 6.92 Å². The Hall–Kier alpha value is -4.84. The van der Waals surface area contributed by atoms with Gasteiger partial charge in [-0.15, -0.1) is 0 Å². The van der Waals surface area contributed by atoms with Crippen LogP contribution in [0.5, 0.6) is 23.0 Å². The largest absolute Gasteiger partial charge is 0.494 e. The molecule has 41 heavy (non-hydrogen) atoms. The fraction of sp³-hybridized carbons (Fsp3) is 0.207. The number of esters is 1. The lowest BCUT2D eigenvalue weighted by Gasteiger charge is -2.13. The molecule has 0 atom stereocenters. The standard InChI is InChI=1S/C29H28N4O7S/c1-5-39-21-12-10-20(11-13-21)33-28(36)22-8-6-7-9-23(22)31-29(33)41-17-26(35)32-30-16-19-14-24(37-3)27(40-18(2)34)25(15-19)38-4/h6-16H,5,17H2,1-4H3,(H,32,35). The number of amides is 1. The predicted molar refractivity (Wildman–Crippen MR) is 156 cm³/mol. The van der Waals surface area contributed by atoms with E-state index in [-0.39, 0.29) is 28.6 Å². The van der Waals surface area contributed by atoms with E-state index >= 15 is 0 Å². The van der Waals surface area contributed by atoms with Gasteiger partial charge in [-0.2, -0.15) is 5.10 Å². The number of carbonyl (C=O) groups is 2. The van der Waals surface area contributed by atoms with Crippen molar-refractivity contribution in [3.8, 4) is 28.7 Å². The van der Waals surface area contributed by atoms with Crippen LogP contribution in [0.2, 0.25) is 0 Å². The average molecular weight is 577 g/mol. The van der Waals surface area contributed by atoms with Crippen LogP contribution in [-0.4, -0.2) is 54.2 Å². The summed E-state index contributed by atoms with van der Waals surface area (Å²) in [5, 5.41) is 4.83. The molecule has 0 spiro atoms. The van der Waals surface area contributed by atoms with Crippen LogP contribution < -0.4 is 29.9 Å². The van der Waals surface area contributed by atoms with E-state index in [1.165, 1.54) is 31.9 Å².